The number of anilines is 1. The number of aromatic nitrogens is 3. The van der Waals surface area contributed by atoms with E-state index in [0.717, 1.165) is 41.9 Å². The smallest absolute Gasteiger partial charge is 0.341 e. The van der Waals surface area contributed by atoms with E-state index in [0.29, 0.717) is 21.5 Å². The maximum absolute atomic E-state index is 12.8. The zero-order chi connectivity index (χ0) is 24.2. The quantitative estimate of drug-likeness (QED) is 0.256. The number of para-hydroxylation sites is 1. The molecule has 0 bridgehead atoms. The van der Waals surface area contributed by atoms with Gasteiger partial charge in [0, 0.05) is 28.3 Å². The van der Waals surface area contributed by atoms with Crippen LogP contribution in [0.25, 0.3) is 17.1 Å². The molecule has 178 valence electrons. The molecule has 0 saturated heterocycles. The minimum Gasteiger partial charge on any atom is -0.465 e. The third-order valence-electron chi connectivity index (χ3n) is 5.80. The van der Waals surface area contributed by atoms with Crippen molar-refractivity contribution in [2.24, 2.45) is 0 Å². The van der Waals surface area contributed by atoms with Gasteiger partial charge in [-0.15, -0.1) is 21.5 Å². The number of amides is 1. The third kappa shape index (κ3) is 4.87. The van der Waals surface area contributed by atoms with E-state index in [1.807, 2.05) is 65.2 Å². The van der Waals surface area contributed by atoms with Crippen molar-refractivity contribution in [2.75, 3.05) is 18.2 Å². The van der Waals surface area contributed by atoms with Crippen molar-refractivity contribution in [1.82, 2.24) is 14.8 Å². The van der Waals surface area contributed by atoms with Crippen molar-refractivity contribution in [1.29, 1.82) is 0 Å². The summed E-state index contributed by atoms with van der Waals surface area (Å²) in [7, 11) is 1.37. The van der Waals surface area contributed by atoms with Crippen LogP contribution in [-0.2, 0) is 22.4 Å². The summed E-state index contributed by atoms with van der Waals surface area (Å²) in [4.78, 5) is 26.3. The Kier molecular flexibility index (Phi) is 6.96. The fraction of sp³-hybridized carbons (Fsp3) is 0.231. The van der Waals surface area contributed by atoms with Gasteiger partial charge in [-0.2, -0.15) is 0 Å². The lowest BCUT2D eigenvalue weighted by molar-refractivity contribution is -0.115. The minimum absolute atomic E-state index is 0.142. The van der Waals surface area contributed by atoms with Gasteiger partial charge in [0.05, 0.1) is 12.7 Å². The summed E-state index contributed by atoms with van der Waals surface area (Å²) in [5, 5.41) is 13.1. The SMILES string of the molecule is COC(=O)c1c(NC(=O)CCSc2nnc(-c3ccccc3)n2-c2ccccc2)sc2c1CCC2. The molecule has 1 aliphatic carbocycles. The molecule has 0 unspecified atom stereocenters. The molecule has 0 spiro atoms. The number of aryl methyl sites for hydroxylation is 1. The standard InChI is InChI=1S/C26H24N4O3S2/c1-33-25(32)22-19-13-8-14-20(19)35-24(22)27-21(31)15-16-34-26-29-28-23(17-9-4-2-5-10-17)30(26)18-11-6-3-7-12-18/h2-7,9-12H,8,13-16H2,1H3,(H,27,31). The second-order valence-corrected chi connectivity index (χ2v) is 10.2. The summed E-state index contributed by atoms with van der Waals surface area (Å²) in [6.07, 6.45) is 3.09. The number of carbonyl (C=O) groups is 2. The van der Waals surface area contributed by atoms with Gasteiger partial charge in [-0.1, -0.05) is 60.3 Å². The number of benzene rings is 2. The van der Waals surface area contributed by atoms with Gasteiger partial charge in [0.1, 0.15) is 5.00 Å². The van der Waals surface area contributed by atoms with Crippen LogP contribution in [0.1, 0.15) is 33.6 Å². The number of thioether (sulfide) groups is 1. The highest BCUT2D eigenvalue weighted by Crippen LogP contribution is 2.39. The van der Waals surface area contributed by atoms with Crippen LogP contribution in [0.2, 0.25) is 0 Å². The first kappa shape index (κ1) is 23.3. The van der Waals surface area contributed by atoms with Gasteiger partial charge in [-0.05, 0) is 37.0 Å². The van der Waals surface area contributed by atoms with Crippen LogP contribution < -0.4 is 5.32 Å². The van der Waals surface area contributed by atoms with Crippen LogP contribution in [0.4, 0.5) is 5.00 Å². The molecule has 0 saturated carbocycles. The predicted molar refractivity (Wildman–Crippen MR) is 138 cm³/mol. The minimum atomic E-state index is -0.390. The highest BCUT2D eigenvalue weighted by atomic mass is 32.2. The number of fused-ring (bicyclic) bond motifs is 1. The van der Waals surface area contributed by atoms with E-state index in [-0.39, 0.29) is 12.3 Å². The second-order valence-electron chi connectivity index (χ2n) is 8.04. The van der Waals surface area contributed by atoms with E-state index in [1.165, 1.54) is 35.1 Å². The summed E-state index contributed by atoms with van der Waals surface area (Å²) >= 11 is 2.96. The van der Waals surface area contributed by atoms with Crippen LogP contribution in [0.15, 0.2) is 65.8 Å². The highest BCUT2D eigenvalue weighted by Gasteiger charge is 2.28. The highest BCUT2D eigenvalue weighted by molar-refractivity contribution is 7.99. The molecule has 5 rings (SSSR count). The summed E-state index contributed by atoms with van der Waals surface area (Å²) in [6.45, 7) is 0. The Morgan fingerprint density at radius 2 is 1.80 bits per heavy atom. The number of esters is 1. The first-order valence-electron chi connectivity index (χ1n) is 11.4. The number of hydrogen-bond acceptors (Lipinski definition) is 7. The second kappa shape index (κ2) is 10.5. The molecule has 0 aliphatic heterocycles. The van der Waals surface area contributed by atoms with Crippen molar-refractivity contribution >= 4 is 40.0 Å². The zero-order valence-corrected chi connectivity index (χ0v) is 20.8. The van der Waals surface area contributed by atoms with Gasteiger partial charge in [-0.3, -0.25) is 9.36 Å². The molecule has 4 aromatic rings. The Bertz CT molecular complexity index is 1350. The Morgan fingerprint density at radius 3 is 2.54 bits per heavy atom. The largest absolute Gasteiger partial charge is 0.465 e. The van der Waals surface area contributed by atoms with Gasteiger partial charge in [0.15, 0.2) is 11.0 Å². The molecule has 1 aliphatic rings. The van der Waals surface area contributed by atoms with E-state index in [9.17, 15) is 9.59 Å². The number of carbonyl (C=O) groups excluding carboxylic acids is 2. The molecule has 0 fully saturated rings. The van der Waals surface area contributed by atoms with Gasteiger partial charge >= 0.3 is 5.97 Å². The Labute approximate surface area is 211 Å². The lowest BCUT2D eigenvalue weighted by Crippen LogP contribution is -2.15. The number of nitrogens with one attached hydrogen (secondary N) is 1. The molecule has 1 amide bonds. The molecule has 1 N–H and O–H groups in total. The number of nitrogens with zero attached hydrogens (tertiary/aromatic N) is 3. The number of thiophene rings is 1. The van der Waals surface area contributed by atoms with Gasteiger partial charge in [0.25, 0.3) is 0 Å². The lowest BCUT2D eigenvalue weighted by Gasteiger charge is -2.10. The summed E-state index contributed by atoms with van der Waals surface area (Å²) in [5.41, 5.74) is 3.46. The molecular formula is C26H24N4O3S2. The number of hydrogen-bond donors (Lipinski definition) is 1. The topological polar surface area (TPSA) is 86.1 Å². The molecule has 2 heterocycles. The van der Waals surface area contributed by atoms with Gasteiger partial charge in [-0.25, -0.2) is 4.79 Å². The van der Waals surface area contributed by atoms with Crippen molar-refractivity contribution in [3.8, 4) is 17.1 Å². The summed E-state index contributed by atoms with van der Waals surface area (Å²) < 4.78 is 6.98. The van der Waals surface area contributed by atoms with E-state index < -0.39 is 5.97 Å². The molecule has 2 aromatic heterocycles. The molecule has 7 nitrogen and oxygen atoms in total. The van der Waals surface area contributed by atoms with Gasteiger partial charge < -0.3 is 10.1 Å². The zero-order valence-electron chi connectivity index (χ0n) is 19.2. The average molecular weight is 505 g/mol. The molecule has 9 heteroatoms. The summed E-state index contributed by atoms with van der Waals surface area (Å²) in [5.74, 6) is 0.735. The third-order valence-corrected chi connectivity index (χ3v) is 7.94. The van der Waals surface area contributed by atoms with Crippen molar-refractivity contribution in [3.63, 3.8) is 0 Å². The number of rotatable bonds is 8. The monoisotopic (exact) mass is 504 g/mol. The molecule has 35 heavy (non-hydrogen) atoms. The Morgan fingerprint density at radius 1 is 1.06 bits per heavy atom. The summed E-state index contributed by atoms with van der Waals surface area (Å²) in [6, 6.07) is 19.9. The molecule has 2 aromatic carbocycles. The van der Waals surface area contributed by atoms with Gasteiger partial charge in [0.2, 0.25) is 5.91 Å². The molecular weight excluding hydrogens is 480 g/mol. The predicted octanol–water partition coefficient (Wildman–Crippen LogP) is 5.39. The normalized spacial score (nSPS) is 12.4. The fourth-order valence-corrected chi connectivity index (χ4v) is 6.37. The lowest BCUT2D eigenvalue weighted by atomic mass is 10.1. The molecule has 0 atom stereocenters. The number of methoxy groups -OCH3 is 1. The first-order valence-corrected chi connectivity index (χ1v) is 13.2. The van der Waals surface area contributed by atoms with Crippen molar-refractivity contribution in [2.45, 2.75) is 30.8 Å². The van der Waals surface area contributed by atoms with E-state index in [1.54, 1.807) is 0 Å². The van der Waals surface area contributed by atoms with Crippen LogP contribution in [0.3, 0.4) is 0 Å². The maximum Gasteiger partial charge on any atom is 0.341 e. The van der Waals surface area contributed by atoms with E-state index in [4.69, 9.17) is 4.74 Å². The van der Waals surface area contributed by atoms with Crippen LogP contribution >= 0.6 is 23.1 Å². The van der Waals surface area contributed by atoms with Crippen molar-refractivity contribution in [3.05, 3.63) is 76.7 Å². The van der Waals surface area contributed by atoms with Crippen LogP contribution in [0.5, 0.6) is 0 Å². The van der Waals surface area contributed by atoms with Crippen LogP contribution in [0, 0.1) is 0 Å². The molecule has 0 radical (unpaired) electrons. The maximum atomic E-state index is 12.8. The fourth-order valence-electron chi connectivity index (χ4n) is 4.18. The van der Waals surface area contributed by atoms with E-state index >= 15 is 0 Å². The average Bonchev–Trinajstić information content (AvgIpc) is 3.59. The first-order chi connectivity index (χ1) is 17.2. The Hall–Kier alpha value is -3.43. The number of ether oxygens (including phenoxy) is 1. The Balaban J connectivity index is 1.30. The van der Waals surface area contributed by atoms with Crippen molar-refractivity contribution < 1.29 is 14.3 Å². The van der Waals surface area contributed by atoms with Crippen LogP contribution in [-0.4, -0.2) is 39.5 Å². The van der Waals surface area contributed by atoms with E-state index in [2.05, 4.69) is 15.5 Å².